The zero-order chi connectivity index (χ0) is 19.6. The third-order valence-corrected chi connectivity index (χ3v) is 5.01. The quantitative estimate of drug-likeness (QED) is 0.623. The number of para-hydroxylation sites is 1. The number of aliphatic carboxylic acids is 1. The largest absolute Gasteiger partial charge is 0.481 e. The minimum Gasteiger partial charge on any atom is -0.481 e. The number of carboxylic acids is 1. The monoisotopic (exact) mass is 364 g/mol. The molecule has 1 aromatic heterocycles. The predicted octanol–water partition coefficient (Wildman–Crippen LogP) is 3.77. The maximum Gasteiger partial charge on any atom is 0.308 e. The van der Waals surface area contributed by atoms with Gasteiger partial charge in [0.05, 0.1) is 17.0 Å². The first-order valence-electron chi connectivity index (χ1n) is 9.01. The summed E-state index contributed by atoms with van der Waals surface area (Å²) in [5, 5.41) is 13.3. The number of aromatic amines is 1. The molecule has 0 aliphatic heterocycles. The molecule has 0 bridgehead atoms. The SMILES string of the molecule is Cc1cccc(C[C@@H](CNC(=O)c2cccc3c(C)c(C)[nH]c23)C(=O)O)c1. The molecule has 0 spiro atoms. The molecular formula is C22H24N2O3. The number of H-pyrrole nitrogens is 1. The number of aryl methyl sites for hydroxylation is 3. The molecule has 0 unspecified atom stereocenters. The fraction of sp³-hybridized carbons (Fsp3) is 0.273. The first kappa shape index (κ1) is 18.7. The Morgan fingerprint density at radius 3 is 2.56 bits per heavy atom. The highest BCUT2D eigenvalue weighted by molar-refractivity contribution is 6.06. The molecule has 1 atom stereocenters. The molecule has 5 heteroatoms. The Bertz CT molecular complexity index is 1000. The van der Waals surface area contributed by atoms with Gasteiger partial charge in [-0.25, -0.2) is 0 Å². The van der Waals surface area contributed by atoms with Crippen molar-refractivity contribution in [3.63, 3.8) is 0 Å². The number of nitrogens with one attached hydrogen (secondary N) is 2. The molecule has 5 nitrogen and oxygen atoms in total. The molecule has 3 N–H and O–H groups in total. The summed E-state index contributed by atoms with van der Waals surface area (Å²) < 4.78 is 0. The number of carboxylic acid groups (broad SMARTS) is 1. The van der Waals surface area contributed by atoms with Gasteiger partial charge in [-0.15, -0.1) is 0 Å². The second-order valence-electron chi connectivity index (χ2n) is 7.04. The maximum absolute atomic E-state index is 12.7. The van der Waals surface area contributed by atoms with E-state index >= 15 is 0 Å². The van der Waals surface area contributed by atoms with Gasteiger partial charge in [-0.3, -0.25) is 9.59 Å². The van der Waals surface area contributed by atoms with Crippen molar-refractivity contribution in [2.24, 2.45) is 5.92 Å². The lowest BCUT2D eigenvalue weighted by molar-refractivity contribution is -0.141. The Labute approximate surface area is 158 Å². The van der Waals surface area contributed by atoms with Gasteiger partial charge in [0.2, 0.25) is 0 Å². The van der Waals surface area contributed by atoms with Crippen molar-refractivity contribution in [3.05, 3.63) is 70.4 Å². The fourth-order valence-electron chi connectivity index (χ4n) is 3.35. The van der Waals surface area contributed by atoms with Crippen LogP contribution in [0.2, 0.25) is 0 Å². The van der Waals surface area contributed by atoms with Crippen LogP contribution < -0.4 is 5.32 Å². The van der Waals surface area contributed by atoms with Crippen LogP contribution in [0, 0.1) is 26.7 Å². The van der Waals surface area contributed by atoms with Gasteiger partial charge >= 0.3 is 5.97 Å². The summed E-state index contributed by atoms with van der Waals surface area (Å²) in [7, 11) is 0. The van der Waals surface area contributed by atoms with E-state index < -0.39 is 11.9 Å². The van der Waals surface area contributed by atoms with E-state index in [1.54, 1.807) is 6.07 Å². The first-order chi connectivity index (χ1) is 12.9. The molecule has 0 radical (unpaired) electrons. The zero-order valence-electron chi connectivity index (χ0n) is 15.8. The van der Waals surface area contributed by atoms with Crippen LogP contribution in [-0.4, -0.2) is 28.5 Å². The third-order valence-electron chi connectivity index (χ3n) is 5.01. The number of benzene rings is 2. The average molecular weight is 364 g/mol. The van der Waals surface area contributed by atoms with E-state index in [0.717, 1.165) is 33.3 Å². The topological polar surface area (TPSA) is 82.2 Å². The molecule has 0 saturated heterocycles. The molecule has 3 rings (SSSR count). The summed E-state index contributed by atoms with van der Waals surface area (Å²) in [6.07, 6.45) is 0.377. The van der Waals surface area contributed by atoms with Crippen LogP contribution in [0.5, 0.6) is 0 Å². The van der Waals surface area contributed by atoms with Crippen molar-refractivity contribution >= 4 is 22.8 Å². The van der Waals surface area contributed by atoms with Crippen LogP contribution in [0.4, 0.5) is 0 Å². The highest BCUT2D eigenvalue weighted by Gasteiger charge is 2.21. The summed E-state index contributed by atoms with van der Waals surface area (Å²) in [6.45, 7) is 6.04. The van der Waals surface area contributed by atoms with Gasteiger partial charge in [-0.05, 0) is 44.4 Å². The van der Waals surface area contributed by atoms with Crippen LogP contribution in [0.25, 0.3) is 10.9 Å². The van der Waals surface area contributed by atoms with Gasteiger partial charge in [0.1, 0.15) is 0 Å². The molecule has 0 aliphatic carbocycles. The number of hydrogen-bond donors (Lipinski definition) is 3. The Hall–Kier alpha value is -3.08. The Morgan fingerprint density at radius 1 is 1.11 bits per heavy atom. The van der Waals surface area contributed by atoms with Crippen molar-refractivity contribution in [3.8, 4) is 0 Å². The summed E-state index contributed by atoms with van der Waals surface area (Å²) in [6, 6.07) is 13.4. The van der Waals surface area contributed by atoms with E-state index in [9.17, 15) is 14.7 Å². The van der Waals surface area contributed by atoms with E-state index in [1.807, 2.05) is 57.2 Å². The number of fused-ring (bicyclic) bond motifs is 1. The third kappa shape index (κ3) is 4.03. The number of carbonyl (C=O) groups is 2. The predicted molar refractivity (Wildman–Crippen MR) is 106 cm³/mol. The molecule has 0 saturated carbocycles. The van der Waals surface area contributed by atoms with Crippen molar-refractivity contribution in [1.29, 1.82) is 0 Å². The molecule has 1 amide bonds. The van der Waals surface area contributed by atoms with Crippen molar-refractivity contribution < 1.29 is 14.7 Å². The standard InChI is InChI=1S/C22H24N2O3/c1-13-6-4-7-16(10-13)11-17(22(26)27)12-23-21(25)19-9-5-8-18-14(2)15(3)24-20(18)19/h4-10,17,24H,11-12H2,1-3H3,(H,23,25)(H,26,27)/t17-/m0/s1. The molecular weight excluding hydrogens is 340 g/mol. The number of carbonyl (C=O) groups excluding carboxylic acids is 1. The Morgan fingerprint density at radius 2 is 1.85 bits per heavy atom. The van der Waals surface area contributed by atoms with Crippen LogP contribution in [0.3, 0.4) is 0 Å². The van der Waals surface area contributed by atoms with E-state index in [2.05, 4.69) is 10.3 Å². The molecule has 0 aliphatic rings. The van der Waals surface area contributed by atoms with Crippen LogP contribution in [0.15, 0.2) is 42.5 Å². The van der Waals surface area contributed by atoms with Gasteiger partial charge in [0.25, 0.3) is 5.91 Å². The van der Waals surface area contributed by atoms with E-state index in [-0.39, 0.29) is 12.5 Å². The lowest BCUT2D eigenvalue weighted by atomic mass is 9.98. The minimum atomic E-state index is -0.915. The molecule has 2 aromatic carbocycles. The molecule has 0 fully saturated rings. The van der Waals surface area contributed by atoms with Crippen molar-refractivity contribution in [2.75, 3.05) is 6.54 Å². The molecule has 3 aromatic rings. The van der Waals surface area contributed by atoms with Gasteiger partial charge in [-0.1, -0.05) is 42.0 Å². The molecule has 140 valence electrons. The second kappa shape index (κ2) is 7.66. The number of rotatable bonds is 6. The summed E-state index contributed by atoms with van der Waals surface area (Å²) in [5.74, 6) is -1.86. The number of amides is 1. The van der Waals surface area contributed by atoms with Crippen molar-refractivity contribution in [2.45, 2.75) is 27.2 Å². The van der Waals surface area contributed by atoms with Gasteiger partial charge in [-0.2, -0.15) is 0 Å². The van der Waals surface area contributed by atoms with Crippen LogP contribution in [-0.2, 0) is 11.2 Å². The fourth-order valence-corrected chi connectivity index (χ4v) is 3.35. The lowest BCUT2D eigenvalue weighted by Gasteiger charge is -2.14. The van der Waals surface area contributed by atoms with E-state index in [0.29, 0.717) is 12.0 Å². The number of hydrogen-bond acceptors (Lipinski definition) is 2. The van der Waals surface area contributed by atoms with Crippen LogP contribution >= 0.6 is 0 Å². The normalized spacial score (nSPS) is 12.1. The first-order valence-corrected chi connectivity index (χ1v) is 9.01. The highest BCUT2D eigenvalue weighted by Crippen LogP contribution is 2.24. The maximum atomic E-state index is 12.7. The summed E-state index contributed by atoms with van der Waals surface area (Å²) >= 11 is 0. The van der Waals surface area contributed by atoms with Crippen LogP contribution in [0.1, 0.15) is 32.7 Å². The van der Waals surface area contributed by atoms with Gasteiger partial charge < -0.3 is 15.4 Å². The second-order valence-corrected chi connectivity index (χ2v) is 7.04. The summed E-state index contributed by atoms with van der Waals surface area (Å²) in [5.41, 5.74) is 5.49. The molecule has 1 heterocycles. The smallest absolute Gasteiger partial charge is 0.308 e. The Balaban J connectivity index is 1.75. The van der Waals surface area contributed by atoms with E-state index in [1.165, 1.54) is 0 Å². The van der Waals surface area contributed by atoms with Crippen molar-refractivity contribution in [1.82, 2.24) is 10.3 Å². The van der Waals surface area contributed by atoms with Gasteiger partial charge in [0, 0.05) is 17.6 Å². The van der Waals surface area contributed by atoms with E-state index in [4.69, 9.17) is 0 Å². The Kier molecular flexibility index (Phi) is 5.31. The number of aromatic nitrogens is 1. The zero-order valence-corrected chi connectivity index (χ0v) is 15.8. The minimum absolute atomic E-state index is 0.0805. The average Bonchev–Trinajstić information content (AvgIpc) is 2.92. The highest BCUT2D eigenvalue weighted by atomic mass is 16.4. The lowest BCUT2D eigenvalue weighted by Crippen LogP contribution is -2.34. The summed E-state index contributed by atoms with van der Waals surface area (Å²) in [4.78, 5) is 27.6. The molecule has 27 heavy (non-hydrogen) atoms. The van der Waals surface area contributed by atoms with Gasteiger partial charge in [0.15, 0.2) is 0 Å².